The highest BCUT2D eigenvalue weighted by Crippen LogP contribution is 2.27. The van der Waals surface area contributed by atoms with Crippen molar-refractivity contribution < 1.29 is 4.74 Å². The van der Waals surface area contributed by atoms with E-state index in [4.69, 9.17) is 4.74 Å². The summed E-state index contributed by atoms with van der Waals surface area (Å²) in [6, 6.07) is 6.53. The molecule has 1 fully saturated rings. The number of rotatable bonds is 2. The number of aryl methyl sites for hydroxylation is 1. The van der Waals surface area contributed by atoms with E-state index in [2.05, 4.69) is 35.3 Å². The minimum absolute atomic E-state index is 0.830. The molecule has 82 valence electrons. The van der Waals surface area contributed by atoms with Crippen LogP contribution in [0.15, 0.2) is 18.2 Å². The molecule has 0 radical (unpaired) electrons. The van der Waals surface area contributed by atoms with E-state index >= 15 is 0 Å². The second-order valence-electron chi connectivity index (χ2n) is 3.87. The maximum absolute atomic E-state index is 5.36. The standard InChI is InChI=1S/C12H18N2O/c1-10-3-4-12(11(9-10)13-2)14-5-7-15-8-6-14/h3-4,9,13H,5-8H2,1-2H3. The molecule has 0 aliphatic carbocycles. The Balaban J connectivity index is 2.25. The number of nitrogens with one attached hydrogen (secondary N) is 1. The topological polar surface area (TPSA) is 24.5 Å². The van der Waals surface area contributed by atoms with Crippen molar-refractivity contribution in [3.05, 3.63) is 23.8 Å². The third kappa shape index (κ3) is 2.23. The summed E-state index contributed by atoms with van der Waals surface area (Å²) < 4.78 is 5.36. The van der Waals surface area contributed by atoms with Crippen LogP contribution in [-0.4, -0.2) is 33.4 Å². The molecule has 3 heteroatoms. The van der Waals surface area contributed by atoms with Gasteiger partial charge in [-0.1, -0.05) is 6.07 Å². The molecule has 0 amide bonds. The smallest absolute Gasteiger partial charge is 0.0642 e. The van der Waals surface area contributed by atoms with E-state index in [9.17, 15) is 0 Å². The van der Waals surface area contributed by atoms with Gasteiger partial charge in [0.15, 0.2) is 0 Å². The first-order chi connectivity index (χ1) is 7.31. The third-order valence-corrected chi connectivity index (χ3v) is 2.77. The van der Waals surface area contributed by atoms with Crippen molar-refractivity contribution in [2.45, 2.75) is 6.92 Å². The van der Waals surface area contributed by atoms with Crippen LogP contribution in [0.3, 0.4) is 0 Å². The van der Waals surface area contributed by atoms with Crippen LogP contribution in [0, 0.1) is 6.92 Å². The van der Waals surface area contributed by atoms with Crippen molar-refractivity contribution in [2.75, 3.05) is 43.6 Å². The highest BCUT2D eigenvalue weighted by Gasteiger charge is 2.13. The summed E-state index contributed by atoms with van der Waals surface area (Å²) in [5.74, 6) is 0. The Hall–Kier alpha value is -1.22. The summed E-state index contributed by atoms with van der Waals surface area (Å²) in [4.78, 5) is 2.37. The van der Waals surface area contributed by atoms with E-state index < -0.39 is 0 Å². The summed E-state index contributed by atoms with van der Waals surface area (Å²) in [7, 11) is 1.97. The quantitative estimate of drug-likeness (QED) is 0.799. The van der Waals surface area contributed by atoms with Gasteiger partial charge in [0.05, 0.1) is 24.6 Å². The fourth-order valence-electron chi connectivity index (χ4n) is 1.93. The zero-order chi connectivity index (χ0) is 10.7. The molecule has 1 saturated heterocycles. The minimum atomic E-state index is 0.830. The average Bonchev–Trinajstić information content (AvgIpc) is 2.30. The minimum Gasteiger partial charge on any atom is -0.386 e. The molecule has 1 aromatic rings. The third-order valence-electron chi connectivity index (χ3n) is 2.77. The summed E-state index contributed by atoms with van der Waals surface area (Å²) >= 11 is 0. The Bertz CT molecular complexity index is 332. The van der Waals surface area contributed by atoms with Gasteiger partial charge >= 0.3 is 0 Å². The maximum Gasteiger partial charge on any atom is 0.0642 e. The maximum atomic E-state index is 5.36. The molecular formula is C12H18N2O. The van der Waals surface area contributed by atoms with Crippen LogP contribution in [0.25, 0.3) is 0 Å². The number of hydrogen-bond donors (Lipinski definition) is 1. The van der Waals surface area contributed by atoms with E-state index in [1.807, 2.05) is 7.05 Å². The lowest BCUT2D eigenvalue weighted by molar-refractivity contribution is 0.123. The number of hydrogen-bond acceptors (Lipinski definition) is 3. The van der Waals surface area contributed by atoms with Gasteiger partial charge in [0, 0.05) is 20.1 Å². The summed E-state index contributed by atoms with van der Waals surface area (Å²) in [5.41, 5.74) is 3.78. The lowest BCUT2D eigenvalue weighted by Crippen LogP contribution is -2.36. The molecule has 0 unspecified atom stereocenters. The van der Waals surface area contributed by atoms with Crippen LogP contribution in [0.4, 0.5) is 11.4 Å². The molecule has 15 heavy (non-hydrogen) atoms. The van der Waals surface area contributed by atoms with E-state index in [-0.39, 0.29) is 0 Å². The highest BCUT2D eigenvalue weighted by atomic mass is 16.5. The zero-order valence-corrected chi connectivity index (χ0v) is 9.42. The van der Waals surface area contributed by atoms with E-state index in [1.54, 1.807) is 0 Å². The first kappa shape index (κ1) is 10.3. The molecule has 2 rings (SSSR count). The Kier molecular flexibility index (Phi) is 3.11. The Morgan fingerprint density at radius 1 is 1.27 bits per heavy atom. The van der Waals surface area contributed by atoms with Crippen LogP contribution < -0.4 is 10.2 Å². The average molecular weight is 206 g/mol. The largest absolute Gasteiger partial charge is 0.386 e. The molecule has 0 atom stereocenters. The van der Waals surface area contributed by atoms with Gasteiger partial charge in [-0.15, -0.1) is 0 Å². The van der Waals surface area contributed by atoms with Gasteiger partial charge in [-0.25, -0.2) is 0 Å². The van der Waals surface area contributed by atoms with Gasteiger partial charge in [0.2, 0.25) is 0 Å². The zero-order valence-electron chi connectivity index (χ0n) is 9.42. The van der Waals surface area contributed by atoms with Gasteiger partial charge in [-0.2, -0.15) is 0 Å². The number of anilines is 2. The SMILES string of the molecule is CNc1cc(C)ccc1N1CCOCC1. The van der Waals surface area contributed by atoms with Crippen molar-refractivity contribution in [1.82, 2.24) is 0 Å². The van der Waals surface area contributed by atoms with Crippen molar-refractivity contribution in [3.8, 4) is 0 Å². The van der Waals surface area contributed by atoms with Gasteiger partial charge in [-0.3, -0.25) is 0 Å². The first-order valence-corrected chi connectivity index (χ1v) is 5.42. The van der Waals surface area contributed by atoms with Crippen LogP contribution in [0.1, 0.15) is 5.56 Å². The van der Waals surface area contributed by atoms with E-state index in [1.165, 1.54) is 16.9 Å². The van der Waals surface area contributed by atoms with Crippen LogP contribution in [0.5, 0.6) is 0 Å². The molecule has 0 spiro atoms. The highest BCUT2D eigenvalue weighted by molar-refractivity contribution is 5.70. The predicted molar refractivity (Wildman–Crippen MR) is 63.8 cm³/mol. The second-order valence-corrected chi connectivity index (χ2v) is 3.87. The van der Waals surface area contributed by atoms with E-state index in [0.29, 0.717) is 0 Å². The van der Waals surface area contributed by atoms with Crippen molar-refractivity contribution >= 4 is 11.4 Å². The molecule has 1 N–H and O–H groups in total. The number of benzene rings is 1. The predicted octanol–water partition coefficient (Wildman–Crippen LogP) is 1.87. The summed E-state index contributed by atoms with van der Waals surface area (Å²) in [5, 5.41) is 3.25. The Morgan fingerprint density at radius 3 is 2.67 bits per heavy atom. The first-order valence-electron chi connectivity index (χ1n) is 5.42. The van der Waals surface area contributed by atoms with Gasteiger partial charge in [-0.05, 0) is 24.6 Å². The lowest BCUT2D eigenvalue weighted by atomic mass is 10.1. The number of morpholine rings is 1. The lowest BCUT2D eigenvalue weighted by Gasteiger charge is -2.30. The molecule has 0 aromatic heterocycles. The molecule has 3 nitrogen and oxygen atoms in total. The molecule has 1 aromatic carbocycles. The van der Waals surface area contributed by atoms with Crippen molar-refractivity contribution in [2.24, 2.45) is 0 Å². The van der Waals surface area contributed by atoms with Crippen LogP contribution in [0.2, 0.25) is 0 Å². The van der Waals surface area contributed by atoms with Crippen molar-refractivity contribution in [3.63, 3.8) is 0 Å². The number of ether oxygens (including phenoxy) is 1. The Labute approximate surface area is 91.0 Å². The van der Waals surface area contributed by atoms with E-state index in [0.717, 1.165) is 26.3 Å². The van der Waals surface area contributed by atoms with Crippen molar-refractivity contribution in [1.29, 1.82) is 0 Å². The van der Waals surface area contributed by atoms with Crippen LogP contribution >= 0.6 is 0 Å². The summed E-state index contributed by atoms with van der Waals surface area (Å²) in [6.45, 7) is 5.74. The summed E-state index contributed by atoms with van der Waals surface area (Å²) in [6.07, 6.45) is 0. The van der Waals surface area contributed by atoms with Gasteiger partial charge in [0.1, 0.15) is 0 Å². The Morgan fingerprint density at radius 2 is 2.00 bits per heavy atom. The molecule has 1 aliphatic rings. The van der Waals surface area contributed by atoms with Gasteiger partial charge in [0.25, 0.3) is 0 Å². The molecule has 1 heterocycles. The normalized spacial score (nSPS) is 16.5. The molecule has 0 bridgehead atoms. The number of nitrogens with zero attached hydrogens (tertiary/aromatic N) is 1. The molecular weight excluding hydrogens is 188 g/mol. The monoisotopic (exact) mass is 206 g/mol. The van der Waals surface area contributed by atoms with Crippen LogP contribution in [-0.2, 0) is 4.74 Å². The molecule has 0 saturated carbocycles. The fourth-order valence-corrected chi connectivity index (χ4v) is 1.93. The fraction of sp³-hybridized carbons (Fsp3) is 0.500. The second kappa shape index (κ2) is 4.53. The van der Waals surface area contributed by atoms with Gasteiger partial charge < -0.3 is 15.0 Å². The molecule has 1 aliphatic heterocycles.